The normalized spacial score (nSPS) is 15.2. The van der Waals surface area contributed by atoms with Gasteiger partial charge in [0.25, 0.3) is 10.0 Å². The minimum atomic E-state index is -3.92. The molecule has 0 bridgehead atoms. The van der Waals surface area contributed by atoms with Crippen LogP contribution in [-0.4, -0.2) is 48.5 Å². The first kappa shape index (κ1) is 22.0. The average molecular weight is 491 g/mol. The van der Waals surface area contributed by atoms with Gasteiger partial charge in [0.15, 0.2) is 5.58 Å². The number of hydrogen-bond donors (Lipinski definition) is 1. The maximum Gasteiger partial charge on any atom is 0.268 e. The molecule has 7 nitrogen and oxygen atoms in total. The zero-order valence-electron chi connectivity index (χ0n) is 18.8. The van der Waals surface area contributed by atoms with Crippen LogP contribution in [0.4, 0.5) is 4.39 Å². The lowest BCUT2D eigenvalue weighted by Gasteiger charge is -2.25. The van der Waals surface area contributed by atoms with Crippen molar-refractivity contribution in [2.45, 2.75) is 11.4 Å². The fraction of sp³-hybridized carbons (Fsp3) is 0.192. The van der Waals surface area contributed by atoms with Gasteiger partial charge in [0, 0.05) is 43.3 Å². The summed E-state index contributed by atoms with van der Waals surface area (Å²) in [5.41, 5.74) is 3.10. The van der Waals surface area contributed by atoms with Crippen LogP contribution in [0.5, 0.6) is 0 Å². The zero-order chi connectivity index (χ0) is 24.0. The number of benzene rings is 3. The zero-order valence-corrected chi connectivity index (χ0v) is 19.6. The van der Waals surface area contributed by atoms with E-state index in [1.54, 1.807) is 30.5 Å². The third-order valence-electron chi connectivity index (χ3n) is 6.35. The Balaban J connectivity index is 1.44. The largest absolute Gasteiger partial charge is 0.439 e. The van der Waals surface area contributed by atoms with E-state index in [2.05, 4.69) is 15.2 Å². The first-order valence-electron chi connectivity index (χ1n) is 11.4. The second kappa shape index (κ2) is 8.60. The van der Waals surface area contributed by atoms with Gasteiger partial charge in [0.05, 0.1) is 17.0 Å². The summed E-state index contributed by atoms with van der Waals surface area (Å²) in [6.45, 7) is 4.41. The Morgan fingerprint density at radius 2 is 1.80 bits per heavy atom. The summed E-state index contributed by atoms with van der Waals surface area (Å²) in [5, 5.41) is 3.97. The van der Waals surface area contributed by atoms with Crippen LogP contribution < -0.4 is 5.32 Å². The molecule has 0 amide bonds. The van der Waals surface area contributed by atoms with Crippen LogP contribution in [0, 0.1) is 5.82 Å². The molecule has 2 aromatic heterocycles. The minimum Gasteiger partial charge on any atom is -0.439 e. The van der Waals surface area contributed by atoms with Crippen molar-refractivity contribution in [2.24, 2.45) is 0 Å². The van der Waals surface area contributed by atoms with Crippen LogP contribution >= 0.6 is 0 Å². The van der Waals surface area contributed by atoms with Crippen LogP contribution in [0.3, 0.4) is 0 Å². The number of halogens is 1. The topological polar surface area (TPSA) is 80.4 Å². The predicted molar refractivity (Wildman–Crippen MR) is 132 cm³/mol. The summed E-state index contributed by atoms with van der Waals surface area (Å²) in [6, 6.07) is 17.9. The minimum absolute atomic E-state index is 0.136. The first-order chi connectivity index (χ1) is 17.0. The summed E-state index contributed by atoms with van der Waals surface area (Å²) in [5.74, 6) is 0.145. The monoisotopic (exact) mass is 490 g/mol. The van der Waals surface area contributed by atoms with Gasteiger partial charge in [-0.15, -0.1) is 0 Å². The SMILES string of the molecule is O=S(=O)(c1ccccc1)n1cc(-c2ccc3oc(CN4CCNCC4)nc3c2)c2ccc(F)cc21. The molecule has 0 unspecified atom stereocenters. The van der Waals surface area contributed by atoms with E-state index in [1.165, 1.54) is 24.3 Å². The van der Waals surface area contributed by atoms with Gasteiger partial charge in [-0.1, -0.05) is 24.3 Å². The van der Waals surface area contributed by atoms with Crippen LogP contribution in [0.2, 0.25) is 0 Å². The van der Waals surface area contributed by atoms with Crippen molar-refractivity contribution in [3.05, 3.63) is 84.6 Å². The van der Waals surface area contributed by atoms with E-state index in [4.69, 9.17) is 4.42 Å². The molecule has 1 saturated heterocycles. The number of nitrogens with one attached hydrogen (secondary N) is 1. The second-order valence-electron chi connectivity index (χ2n) is 8.63. The Labute approximate surface area is 201 Å². The Morgan fingerprint density at radius 3 is 2.60 bits per heavy atom. The van der Waals surface area contributed by atoms with Gasteiger partial charge in [0.1, 0.15) is 11.3 Å². The molecule has 3 aromatic carbocycles. The molecule has 0 aliphatic carbocycles. The van der Waals surface area contributed by atoms with Crippen LogP contribution in [0.1, 0.15) is 5.89 Å². The molecule has 3 heterocycles. The molecular weight excluding hydrogens is 467 g/mol. The van der Waals surface area contributed by atoms with Crippen molar-refractivity contribution in [3.8, 4) is 11.1 Å². The highest BCUT2D eigenvalue weighted by Gasteiger charge is 2.23. The van der Waals surface area contributed by atoms with Gasteiger partial charge in [-0.2, -0.15) is 0 Å². The van der Waals surface area contributed by atoms with Crippen LogP contribution in [0.25, 0.3) is 33.1 Å². The summed E-state index contributed by atoms with van der Waals surface area (Å²) in [7, 11) is -3.92. The fourth-order valence-electron chi connectivity index (χ4n) is 4.58. The van der Waals surface area contributed by atoms with Gasteiger partial charge < -0.3 is 9.73 Å². The molecule has 0 spiro atoms. The van der Waals surface area contributed by atoms with Crippen molar-refractivity contribution in [1.82, 2.24) is 19.2 Å². The molecule has 9 heteroatoms. The fourth-order valence-corrected chi connectivity index (χ4v) is 5.96. The van der Waals surface area contributed by atoms with Crippen molar-refractivity contribution in [2.75, 3.05) is 26.2 Å². The number of aromatic nitrogens is 2. The van der Waals surface area contributed by atoms with Crippen LogP contribution in [0.15, 0.2) is 82.2 Å². The number of rotatable bonds is 5. The molecule has 35 heavy (non-hydrogen) atoms. The van der Waals surface area contributed by atoms with Crippen molar-refractivity contribution in [3.63, 3.8) is 0 Å². The average Bonchev–Trinajstić information content (AvgIpc) is 3.45. The maximum absolute atomic E-state index is 14.2. The molecular formula is C26H23FN4O3S. The van der Waals surface area contributed by atoms with Gasteiger partial charge >= 0.3 is 0 Å². The molecule has 1 N–H and O–H groups in total. The second-order valence-corrected chi connectivity index (χ2v) is 10.4. The van der Waals surface area contributed by atoms with E-state index >= 15 is 0 Å². The van der Waals surface area contributed by atoms with Crippen molar-refractivity contribution < 1.29 is 17.2 Å². The van der Waals surface area contributed by atoms with E-state index in [1.807, 2.05) is 18.2 Å². The number of hydrogen-bond acceptors (Lipinski definition) is 6. The smallest absolute Gasteiger partial charge is 0.268 e. The summed E-state index contributed by atoms with van der Waals surface area (Å²) >= 11 is 0. The number of fused-ring (bicyclic) bond motifs is 2. The Morgan fingerprint density at radius 1 is 1.00 bits per heavy atom. The lowest BCUT2D eigenvalue weighted by molar-refractivity contribution is 0.214. The lowest BCUT2D eigenvalue weighted by atomic mass is 10.0. The molecule has 1 aliphatic heterocycles. The van der Waals surface area contributed by atoms with Crippen molar-refractivity contribution >= 4 is 32.0 Å². The van der Waals surface area contributed by atoms with E-state index in [0.717, 1.165) is 35.7 Å². The Kier molecular flexibility index (Phi) is 5.40. The third kappa shape index (κ3) is 4.01. The summed E-state index contributed by atoms with van der Waals surface area (Å²) in [4.78, 5) is 7.10. The van der Waals surface area contributed by atoms with E-state index in [-0.39, 0.29) is 10.4 Å². The highest BCUT2D eigenvalue weighted by molar-refractivity contribution is 7.90. The van der Waals surface area contributed by atoms with Crippen molar-refractivity contribution in [1.29, 1.82) is 0 Å². The Hall–Kier alpha value is -3.53. The maximum atomic E-state index is 14.2. The molecule has 5 aromatic rings. The number of nitrogens with zero attached hydrogens (tertiary/aromatic N) is 3. The highest BCUT2D eigenvalue weighted by atomic mass is 32.2. The standard InChI is InChI=1S/C26H23FN4O3S/c27-19-7-8-21-22(16-31(24(21)15-19)35(32,33)20-4-2-1-3-5-20)18-6-9-25-23(14-18)29-26(34-25)17-30-12-10-28-11-13-30/h1-9,14-16,28H,10-13,17H2. The molecule has 6 rings (SSSR count). The van der Waals surface area contributed by atoms with E-state index < -0.39 is 15.8 Å². The predicted octanol–water partition coefficient (Wildman–Crippen LogP) is 4.23. The molecule has 0 saturated carbocycles. The van der Waals surface area contributed by atoms with Gasteiger partial charge in [-0.25, -0.2) is 21.8 Å². The molecule has 1 aliphatic rings. The molecule has 1 fully saturated rings. The Bertz CT molecular complexity index is 1640. The van der Waals surface area contributed by atoms with Gasteiger partial charge in [0.2, 0.25) is 5.89 Å². The first-order valence-corrected chi connectivity index (χ1v) is 12.9. The number of oxazole rings is 1. The number of piperazine rings is 1. The van der Waals surface area contributed by atoms with Gasteiger partial charge in [-0.05, 0) is 48.0 Å². The van der Waals surface area contributed by atoms with Gasteiger partial charge in [-0.3, -0.25) is 4.90 Å². The molecule has 178 valence electrons. The van der Waals surface area contributed by atoms with Crippen LogP contribution in [-0.2, 0) is 16.6 Å². The summed E-state index contributed by atoms with van der Waals surface area (Å²) in [6.07, 6.45) is 1.55. The third-order valence-corrected chi connectivity index (χ3v) is 8.03. The highest BCUT2D eigenvalue weighted by Crippen LogP contribution is 2.35. The van der Waals surface area contributed by atoms with E-state index in [0.29, 0.717) is 34.5 Å². The molecule has 0 radical (unpaired) electrons. The lowest BCUT2D eigenvalue weighted by Crippen LogP contribution is -2.42. The van der Waals surface area contributed by atoms with E-state index in [9.17, 15) is 12.8 Å². The molecule has 0 atom stereocenters. The summed E-state index contributed by atoms with van der Waals surface area (Å²) < 4.78 is 48.1. The quantitative estimate of drug-likeness (QED) is 0.397.